The van der Waals surface area contributed by atoms with Crippen molar-refractivity contribution in [1.29, 1.82) is 0 Å². The number of aliphatic hydroxyl groups excluding tert-OH is 5. The predicted octanol–water partition coefficient (Wildman–Crippen LogP) is 14.9. The smallest absolute Gasteiger partial charge is 0.305 e. The molecule has 1 aliphatic heterocycles. The first-order valence-corrected chi connectivity index (χ1v) is 31.6. The third-order valence-corrected chi connectivity index (χ3v) is 15.1. The van der Waals surface area contributed by atoms with Gasteiger partial charge in [0.1, 0.15) is 24.4 Å². The molecule has 1 heterocycles. The molecule has 0 aromatic carbocycles. The number of amides is 1. The molecule has 1 fully saturated rings. The zero-order valence-corrected chi connectivity index (χ0v) is 48.1. The quantitative estimate of drug-likeness (QED) is 0.0195. The number of esters is 1. The highest BCUT2D eigenvalue weighted by atomic mass is 16.7. The minimum Gasteiger partial charge on any atom is -0.466 e. The van der Waals surface area contributed by atoms with Crippen LogP contribution >= 0.6 is 0 Å². The van der Waals surface area contributed by atoms with Crippen molar-refractivity contribution in [3.8, 4) is 0 Å². The van der Waals surface area contributed by atoms with E-state index < -0.39 is 49.5 Å². The van der Waals surface area contributed by atoms with Crippen molar-refractivity contribution >= 4 is 11.9 Å². The number of allylic oxidation sites excluding steroid dienone is 3. The number of rotatable bonds is 55. The molecule has 74 heavy (non-hydrogen) atoms. The molecule has 7 atom stereocenters. The van der Waals surface area contributed by atoms with E-state index in [2.05, 4.69) is 31.3 Å². The van der Waals surface area contributed by atoms with E-state index in [1.165, 1.54) is 212 Å². The van der Waals surface area contributed by atoms with E-state index in [0.717, 1.165) is 64.2 Å². The van der Waals surface area contributed by atoms with Crippen molar-refractivity contribution in [2.24, 2.45) is 0 Å². The molecule has 1 aliphatic rings. The van der Waals surface area contributed by atoms with Gasteiger partial charge in [-0.15, -0.1) is 0 Å². The largest absolute Gasteiger partial charge is 0.466 e. The summed E-state index contributed by atoms with van der Waals surface area (Å²) in [6.45, 7) is 4.31. The van der Waals surface area contributed by atoms with Gasteiger partial charge < -0.3 is 45.1 Å². The van der Waals surface area contributed by atoms with Crippen molar-refractivity contribution in [3.05, 3.63) is 24.3 Å². The molecule has 11 nitrogen and oxygen atoms in total. The van der Waals surface area contributed by atoms with Crippen LogP contribution in [0.4, 0.5) is 0 Å². The molecule has 0 aromatic heterocycles. The molecule has 0 bridgehead atoms. The van der Waals surface area contributed by atoms with Gasteiger partial charge in [-0.1, -0.05) is 256 Å². The van der Waals surface area contributed by atoms with E-state index in [1.54, 1.807) is 6.08 Å². The monoisotopic (exact) mass is 1050 g/mol. The molecule has 6 N–H and O–H groups in total. The van der Waals surface area contributed by atoms with Gasteiger partial charge in [-0.05, 0) is 57.8 Å². The fourth-order valence-corrected chi connectivity index (χ4v) is 10.0. The van der Waals surface area contributed by atoms with Gasteiger partial charge in [-0.2, -0.15) is 0 Å². The maximum atomic E-state index is 13.0. The SMILES string of the molecule is CCCCCCCC/C=C\CCCCCCCCCCCC(=O)OCCCCCCCCCCCCCCCCCCCCC(=O)NC(COC1OC(CO)C(O)C(O)C1O)C(O)/C=C/CCCCCCCCC. The highest BCUT2D eigenvalue weighted by Crippen LogP contribution is 2.23. The highest BCUT2D eigenvalue weighted by Gasteiger charge is 2.44. The van der Waals surface area contributed by atoms with Crippen LogP contribution in [0, 0.1) is 0 Å². The lowest BCUT2D eigenvalue weighted by atomic mass is 9.99. The Hall–Kier alpha value is -1.86. The normalized spacial score (nSPS) is 18.9. The number of carbonyl (C=O) groups is 2. The summed E-state index contributed by atoms with van der Waals surface area (Å²) in [5, 5.41) is 54.2. The molecule has 0 radical (unpaired) electrons. The average molecular weight is 1050 g/mol. The molecule has 0 aliphatic carbocycles. The summed E-state index contributed by atoms with van der Waals surface area (Å²) in [7, 11) is 0. The van der Waals surface area contributed by atoms with Crippen LogP contribution in [0.2, 0.25) is 0 Å². The molecule has 0 aromatic rings. The van der Waals surface area contributed by atoms with Gasteiger partial charge >= 0.3 is 5.97 Å². The van der Waals surface area contributed by atoms with E-state index in [4.69, 9.17) is 14.2 Å². The van der Waals surface area contributed by atoms with Crippen LogP contribution in [-0.2, 0) is 23.8 Å². The van der Waals surface area contributed by atoms with Gasteiger partial charge in [-0.3, -0.25) is 9.59 Å². The van der Waals surface area contributed by atoms with Gasteiger partial charge in [0.05, 0.1) is 32.0 Å². The number of hydrogen-bond donors (Lipinski definition) is 6. The molecule has 1 rings (SSSR count). The van der Waals surface area contributed by atoms with Gasteiger partial charge in [0.2, 0.25) is 5.91 Å². The molecule has 1 saturated heterocycles. The fourth-order valence-electron chi connectivity index (χ4n) is 10.0. The second kappa shape index (κ2) is 53.2. The van der Waals surface area contributed by atoms with Gasteiger partial charge in [-0.25, -0.2) is 0 Å². The zero-order chi connectivity index (χ0) is 53.8. The average Bonchev–Trinajstić information content (AvgIpc) is 3.40. The first-order chi connectivity index (χ1) is 36.2. The number of aliphatic hydroxyl groups is 5. The van der Waals surface area contributed by atoms with Crippen molar-refractivity contribution < 1.29 is 49.3 Å². The summed E-state index contributed by atoms with van der Waals surface area (Å²) in [6.07, 6.45) is 54.3. The second-order valence-corrected chi connectivity index (χ2v) is 22.1. The van der Waals surface area contributed by atoms with E-state index in [-0.39, 0.29) is 18.5 Å². The molecule has 436 valence electrons. The lowest BCUT2D eigenvalue weighted by Gasteiger charge is -2.40. The number of nitrogens with one attached hydrogen (secondary N) is 1. The Morgan fingerprint density at radius 3 is 1.30 bits per heavy atom. The van der Waals surface area contributed by atoms with Crippen LogP contribution in [0.1, 0.15) is 303 Å². The number of unbranched alkanes of at least 4 members (excludes halogenated alkanes) is 39. The first-order valence-electron chi connectivity index (χ1n) is 31.6. The van der Waals surface area contributed by atoms with Crippen LogP contribution in [0.3, 0.4) is 0 Å². The molecular formula is C63H119NO10. The lowest BCUT2D eigenvalue weighted by molar-refractivity contribution is -0.302. The van der Waals surface area contributed by atoms with Crippen LogP contribution in [0.15, 0.2) is 24.3 Å². The summed E-state index contributed by atoms with van der Waals surface area (Å²) in [4.78, 5) is 25.1. The zero-order valence-electron chi connectivity index (χ0n) is 48.1. The second-order valence-electron chi connectivity index (χ2n) is 22.1. The first kappa shape index (κ1) is 70.2. The van der Waals surface area contributed by atoms with Gasteiger partial charge in [0.15, 0.2) is 6.29 Å². The molecule has 1 amide bonds. The topological polar surface area (TPSA) is 175 Å². The van der Waals surface area contributed by atoms with Crippen molar-refractivity contribution in [2.45, 2.75) is 346 Å². The van der Waals surface area contributed by atoms with E-state index in [1.807, 2.05) is 6.08 Å². The van der Waals surface area contributed by atoms with E-state index in [9.17, 15) is 35.1 Å². The summed E-state index contributed by atoms with van der Waals surface area (Å²) < 4.78 is 16.7. The predicted molar refractivity (Wildman–Crippen MR) is 306 cm³/mol. The number of hydrogen-bond acceptors (Lipinski definition) is 10. The Labute approximate surface area is 454 Å². The number of ether oxygens (including phenoxy) is 3. The Morgan fingerprint density at radius 2 is 0.865 bits per heavy atom. The van der Waals surface area contributed by atoms with E-state index in [0.29, 0.717) is 19.4 Å². The fraction of sp³-hybridized carbons (Fsp3) is 0.905. The Morgan fingerprint density at radius 1 is 0.486 bits per heavy atom. The number of carbonyl (C=O) groups excluding carboxylic acids is 2. The minimum atomic E-state index is -1.57. The van der Waals surface area contributed by atoms with Crippen LogP contribution in [0.5, 0.6) is 0 Å². The molecule has 0 saturated carbocycles. The molecule has 11 heteroatoms. The maximum Gasteiger partial charge on any atom is 0.305 e. The maximum absolute atomic E-state index is 13.0. The third-order valence-electron chi connectivity index (χ3n) is 15.1. The minimum absolute atomic E-state index is 0.00867. The highest BCUT2D eigenvalue weighted by molar-refractivity contribution is 5.76. The van der Waals surface area contributed by atoms with Crippen molar-refractivity contribution in [3.63, 3.8) is 0 Å². The summed E-state index contributed by atoms with van der Waals surface area (Å²) >= 11 is 0. The Balaban J connectivity index is 1.98. The summed E-state index contributed by atoms with van der Waals surface area (Å²) in [5.74, 6) is -0.196. The molecule has 7 unspecified atom stereocenters. The Kier molecular flexibility index (Phi) is 50.4. The van der Waals surface area contributed by atoms with Crippen molar-refractivity contribution in [1.82, 2.24) is 5.32 Å². The standard InChI is InChI=1S/C63H119NO10/c1-3-5-7-9-11-13-14-15-16-17-18-22-25-28-31-35-39-43-47-51-59(68)72-52-48-44-40-36-32-29-26-23-20-19-21-24-27-30-34-38-42-46-50-58(67)64-55(56(66)49-45-41-37-33-12-10-8-6-4-2)54-73-63-62(71)61(70)60(69)57(53-65)74-63/h15-16,45,49,55-57,60-63,65-66,69-71H,3-14,17-44,46-48,50-54H2,1-2H3,(H,64,67)/b16-15-,49-45+. The van der Waals surface area contributed by atoms with Gasteiger partial charge in [0, 0.05) is 12.8 Å². The van der Waals surface area contributed by atoms with E-state index >= 15 is 0 Å². The van der Waals surface area contributed by atoms with Crippen LogP contribution in [-0.4, -0.2) is 100 Å². The summed E-state index contributed by atoms with van der Waals surface area (Å²) in [5.41, 5.74) is 0. The summed E-state index contributed by atoms with van der Waals surface area (Å²) in [6, 6.07) is -0.811. The Bertz CT molecular complexity index is 1280. The van der Waals surface area contributed by atoms with Crippen LogP contribution in [0.25, 0.3) is 0 Å². The van der Waals surface area contributed by atoms with Crippen molar-refractivity contribution in [2.75, 3.05) is 19.8 Å². The third kappa shape index (κ3) is 42.2. The molecule has 0 spiro atoms. The van der Waals surface area contributed by atoms with Gasteiger partial charge in [0.25, 0.3) is 0 Å². The van der Waals surface area contributed by atoms with Crippen LogP contribution < -0.4 is 5.32 Å². The lowest BCUT2D eigenvalue weighted by Crippen LogP contribution is -2.60. The molecular weight excluding hydrogens is 931 g/mol.